The van der Waals surface area contributed by atoms with Gasteiger partial charge in [-0.25, -0.2) is 12.7 Å². The lowest BCUT2D eigenvalue weighted by Crippen LogP contribution is -2.22. The first kappa shape index (κ1) is 10.2. The van der Waals surface area contributed by atoms with Gasteiger partial charge in [0, 0.05) is 14.1 Å². The Morgan fingerprint density at radius 3 is 2.15 bits per heavy atom. The van der Waals surface area contributed by atoms with Gasteiger partial charge in [0.05, 0.1) is 4.90 Å². The molecule has 0 unspecified atom stereocenters. The molecule has 72 valence electrons. The minimum atomic E-state index is -3.27. The van der Waals surface area contributed by atoms with Crippen LogP contribution in [-0.2, 0) is 10.0 Å². The van der Waals surface area contributed by atoms with Crippen LogP contribution < -0.4 is 0 Å². The van der Waals surface area contributed by atoms with Crippen LogP contribution in [0, 0.1) is 6.92 Å². The van der Waals surface area contributed by atoms with Gasteiger partial charge >= 0.3 is 0 Å². The minimum Gasteiger partial charge on any atom is -0.207 e. The minimum absolute atomic E-state index is 0.375. The van der Waals surface area contributed by atoms with Gasteiger partial charge in [0.2, 0.25) is 10.0 Å². The Hall–Kier alpha value is -0.870. The highest BCUT2D eigenvalue weighted by atomic mass is 32.2. The second-order valence-corrected chi connectivity index (χ2v) is 5.17. The second-order valence-electron chi connectivity index (χ2n) is 3.05. The molecule has 0 radical (unpaired) electrons. The van der Waals surface area contributed by atoms with Gasteiger partial charge in [-0.3, -0.25) is 0 Å². The first-order valence-electron chi connectivity index (χ1n) is 3.94. The Kier molecular flexibility index (Phi) is 2.73. The molecule has 0 aliphatic rings. The molecule has 0 bridgehead atoms. The van der Waals surface area contributed by atoms with Crippen LogP contribution in [0.5, 0.6) is 0 Å². The molecule has 0 atom stereocenters. The summed E-state index contributed by atoms with van der Waals surface area (Å²) in [6, 6.07) is 6.95. The fourth-order valence-electron chi connectivity index (χ4n) is 1.04. The molecule has 0 aromatic heterocycles. The monoisotopic (exact) mass is 199 g/mol. The van der Waals surface area contributed by atoms with E-state index in [1.54, 1.807) is 25.1 Å². The Balaban J connectivity index is 3.32. The average molecular weight is 199 g/mol. The van der Waals surface area contributed by atoms with E-state index < -0.39 is 10.0 Å². The summed E-state index contributed by atoms with van der Waals surface area (Å²) in [5.74, 6) is 0. The van der Waals surface area contributed by atoms with Crippen LogP contribution in [-0.4, -0.2) is 26.8 Å². The normalized spacial score (nSPS) is 12.0. The molecule has 1 aromatic carbocycles. The lowest BCUT2D eigenvalue weighted by Gasteiger charge is -2.12. The van der Waals surface area contributed by atoms with Gasteiger partial charge < -0.3 is 0 Å². The van der Waals surface area contributed by atoms with E-state index in [-0.39, 0.29) is 0 Å². The quantitative estimate of drug-likeness (QED) is 0.718. The van der Waals surface area contributed by atoms with Crippen molar-refractivity contribution >= 4 is 10.0 Å². The molecule has 1 aromatic rings. The van der Waals surface area contributed by atoms with Crippen molar-refractivity contribution in [3.63, 3.8) is 0 Å². The zero-order chi connectivity index (χ0) is 10.1. The molecule has 0 heterocycles. The molecule has 0 fully saturated rings. The SMILES string of the molecule is Cc1ccccc1S(=O)(=O)N(C)C. The predicted octanol–water partition coefficient (Wildman–Crippen LogP) is 1.25. The highest BCUT2D eigenvalue weighted by Gasteiger charge is 2.18. The number of aryl methyl sites for hydroxylation is 1. The van der Waals surface area contributed by atoms with E-state index in [4.69, 9.17) is 0 Å². The van der Waals surface area contributed by atoms with Gasteiger partial charge in [0.1, 0.15) is 0 Å². The number of benzene rings is 1. The average Bonchev–Trinajstić information content (AvgIpc) is 2.04. The zero-order valence-corrected chi connectivity index (χ0v) is 8.80. The van der Waals surface area contributed by atoms with E-state index in [0.29, 0.717) is 4.90 Å². The first-order chi connectivity index (χ1) is 5.96. The molecule has 0 amide bonds. The van der Waals surface area contributed by atoms with Crippen molar-refractivity contribution in [1.82, 2.24) is 4.31 Å². The maximum absolute atomic E-state index is 11.7. The summed E-state index contributed by atoms with van der Waals surface area (Å²) in [5.41, 5.74) is 0.774. The molecule has 13 heavy (non-hydrogen) atoms. The maximum atomic E-state index is 11.7. The number of hydrogen-bond acceptors (Lipinski definition) is 2. The predicted molar refractivity (Wildman–Crippen MR) is 52.1 cm³/mol. The van der Waals surface area contributed by atoms with Crippen molar-refractivity contribution in [1.29, 1.82) is 0 Å². The number of hydrogen-bond donors (Lipinski definition) is 0. The highest BCUT2D eigenvalue weighted by molar-refractivity contribution is 7.89. The summed E-state index contributed by atoms with van der Waals surface area (Å²) in [6.07, 6.45) is 0. The smallest absolute Gasteiger partial charge is 0.207 e. The Morgan fingerprint density at radius 1 is 1.15 bits per heavy atom. The standard InChI is InChI=1S/C9H13NO2S/c1-8-6-4-5-7-9(8)13(11,12)10(2)3/h4-7H,1-3H3. The fourth-order valence-corrected chi connectivity index (χ4v) is 2.16. The van der Waals surface area contributed by atoms with Gasteiger partial charge in [0.25, 0.3) is 0 Å². The first-order valence-corrected chi connectivity index (χ1v) is 5.38. The second kappa shape index (κ2) is 3.47. The van der Waals surface area contributed by atoms with Crippen molar-refractivity contribution in [3.8, 4) is 0 Å². The van der Waals surface area contributed by atoms with Crippen LogP contribution in [0.2, 0.25) is 0 Å². The van der Waals surface area contributed by atoms with E-state index >= 15 is 0 Å². The largest absolute Gasteiger partial charge is 0.242 e. The number of sulfonamides is 1. The van der Waals surface area contributed by atoms with Gasteiger partial charge in [-0.2, -0.15) is 0 Å². The molecule has 0 N–H and O–H groups in total. The Labute approximate surface area is 79.0 Å². The van der Waals surface area contributed by atoms with Crippen molar-refractivity contribution in [3.05, 3.63) is 29.8 Å². The summed E-state index contributed by atoms with van der Waals surface area (Å²) in [6.45, 7) is 1.79. The van der Waals surface area contributed by atoms with Crippen LogP contribution >= 0.6 is 0 Å². The van der Waals surface area contributed by atoms with E-state index in [1.807, 2.05) is 6.07 Å². The topological polar surface area (TPSA) is 37.4 Å². The van der Waals surface area contributed by atoms with E-state index in [0.717, 1.165) is 5.56 Å². The molecule has 0 saturated carbocycles. The van der Waals surface area contributed by atoms with Gasteiger partial charge in [-0.05, 0) is 18.6 Å². The molecular weight excluding hydrogens is 186 g/mol. The van der Waals surface area contributed by atoms with Crippen LogP contribution in [0.25, 0.3) is 0 Å². The van der Waals surface area contributed by atoms with Crippen LogP contribution in [0.4, 0.5) is 0 Å². The highest BCUT2D eigenvalue weighted by Crippen LogP contribution is 2.16. The summed E-state index contributed by atoms with van der Waals surface area (Å²) in [7, 11) is -0.215. The van der Waals surface area contributed by atoms with Crippen molar-refractivity contribution in [2.75, 3.05) is 14.1 Å². The van der Waals surface area contributed by atoms with E-state index in [2.05, 4.69) is 0 Å². The molecule has 4 heteroatoms. The molecule has 3 nitrogen and oxygen atoms in total. The number of nitrogens with zero attached hydrogens (tertiary/aromatic N) is 1. The van der Waals surface area contributed by atoms with Crippen LogP contribution in [0.3, 0.4) is 0 Å². The van der Waals surface area contributed by atoms with Crippen molar-refractivity contribution < 1.29 is 8.42 Å². The summed E-state index contributed by atoms with van der Waals surface area (Å²) < 4.78 is 24.6. The zero-order valence-electron chi connectivity index (χ0n) is 7.98. The fraction of sp³-hybridized carbons (Fsp3) is 0.333. The molecule has 0 saturated heterocycles. The third-order valence-corrected chi connectivity index (χ3v) is 3.83. The molecule has 1 rings (SSSR count). The Bertz CT molecular complexity index is 396. The molecule has 0 spiro atoms. The van der Waals surface area contributed by atoms with E-state index in [9.17, 15) is 8.42 Å². The summed E-state index contributed by atoms with van der Waals surface area (Å²) >= 11 is 0. The molecule has 0 aliphatic carbocycles. The van der Waals surface area contributed by atoms with Crippen LogP contribution in [0.15, 0.2) is 29.2 Å². The summed E-state index contributed by atoms with van der Waals surface area (Å²) in [4.78, 5) is 0.375. The van der Waals surface area contributed by atoms with Crippen molar-refractivity contribution in [2.45, 2.75) is 11.8 Å². The van der Waals surface area contributed by atoms with Crippen LogP contribution in [0.1, 0.15) is 5.56 Å². The van der Waals surface area contributed by atoms with Crippen molar-refractivity contribution in [2.24, 2.45) is 0 Å². The summed E-state index contributed by atoms with van der Waals surface area (Å²) in [5, 5.41) is 0. The Morgan fingerprint density at radius 2 is 1.69 bits per heavy atom. The third kappa shape index (κ3) is 1.89. The van der Waals surface area contributed by atoms with Gasteiger partial charge in [-0.15, -0.1) is 0 Å². The lowest BCUT2D eigenvalue weighted by atomic mass is 10.2. The molecular formula is C9H13NO2S. The molecule has 0 aliphatic heterocycles. The van der Waals surface area contributed by atoms with Gasteiger partial charge in [-0.1, -0.05) is 18.2 Å². The lowest BCUT2D eigenvalue weighted by molar-refractivity contribution is 0.520. The third-order valence-electron chi connectivity index (χ3n) is 1.85. The number of rotatable bonds is 2. The maximum Gasteiger partial charge on any atom is 0.242 e. The van der Waals surface area contributed by atoms with E-state index in [1.165, 1.54) is 18.4 Å². The van der Waals surface area contributed by atoms with Gasteiger partial charge in [0.15, 0.2) is 0 Å².